The highest BCUT2D eigenvalue weighted by Gasteiger charge is 2.32. The molecule has 1 aromatic carbocycles. The van der Waals surface area contributed by atoms with Gasteiger partial charge in [-0.2, -0.15) is 0 Å². The highest BCUT2D eigenvalue weighted by molar-refractivity contribution is 6.31. The lowest BCUT2D eigenvalue weighted by molar-refractivity contribution is 0.0493. The number of benzene rings is 1. The van der Waals surface area contributed by atoms with Crippen LogP contribution in [0.25, 0.3) is 0 Å². The SMILES string of the molecule is Cc1c(Cl)cccc1C(=O)N1C(C)CCCC1CN. The molecule has 1 fully saturated rings. The van der Waals surface area contributed by atoms with Gasteiger partial charge < -0.3 is 10.6 Å². The van der Waals surface area contributed by atoms with Gasteiger partial charge in [-0.3, -0.25) is 4.79 Å². The van der Waals surface area contributed by atoms with Gasteiger partial charge in [0.2, 0.25) is 0 Å². The molecule has 0 bridgehead atoms. The van der Waals surface area contributed by atoms with Crippen LogP contribution in [0.3, 0.4) is 0 Å². The van der Waals surface area contributed by atoms with E-state index in [0.29, 0.717) is 17.1 Å². The summed E-state index contributed by atoms with van der Waals surface area (Å²) in [6, 6.07) is 5.88. The second-order valence-electron chi connectivity index (χ2n) is 5.29. The minimum Gasteiger partial charge on any atom is -0.332 e. The molecular weight excluding hydrogens is 260 g/mol. The average Bonchev–Trinajstić information content (AvgIpc) is 2.40. The molecular formula is C15H21ClN2O. The Morgan fingerprint density at radius 3 is 2.89 bits per heavy atom. The summed E-state index contributed by atoms with van der Waals surface area (Å²) in [6.45, 7) is 4.51. The van der Waals surface area contributed by atoms with Crippen molar-refractivity contribution >= 4 is 17.5 Å². The second kappa shape index (κ2) is 5.93. The van der Waals surface area contributed by atoms with Gasteiger partial charge >= 0.3 is 0 Å². The Hall–Kier alpha value is -1.06. The zero-order chi connectivity index (χ0) is 14.0. The average molecular weight is 281 g/mol. The van der Waals surface area contributed by atoms with Crippen molar-refractivity contribution in [2.24, 2.45) is 5.73 Å². The molecule has 4 heteroatoms. The zero-order valence-corrected chi connectivity index (χ0v) is 12.3. The van der Waals surface area contributed by atoms with Crippen LogP contribution in [0.1, 0.15) is 42.1 Å². The number of piperidine rings is 1. The van der Waals surface area contributed by atoms with Crippen LogP contribution >= 0.6 is 11.6 Å². The van der Waals surface area contributed by atoms with Crippen molar-refractivity contribution in [1.29, 1.82) is 0 Å². The maximum absolute atomic E-state index is 12.8. The summed E-state index contributed by atoms with van der Waals surface area (Å²) in [5, 5.41) is 0.639. The molecule has 1 heterocycles. The van der Waals surface area contributed by atoms with E-state index in [9.17, 15) is 4.79 Å². The van der Waals surface area contributed by atoms with E-state index in [1.165, 1.54) is 0 Å². The van der Waals surface area contributed by atoms with Gasteiger partial charge in [0.1, 0.15) is 0 Å². The molecule has 1 amide bonds. The molecule has 1 saturated heterocycles. The molecule has 0 spiro atoms. The number of carbonyl (C=O) groups excluding carboxylic acids is 1. The molecule has 2 rings (SSSR count). The third-order valence-corrected chi connectivity index (χ3v) is 4.44. The summed E-state index contributed by atoms with van der Waals surface area (Å²) in [5.74, 6) is 0.0580. The van der Waals surface area contributed by atoms with E-state index < -0.39 is 0 Å². The van der Waals surface area contributed by atoms with Gasteiger partial charge in [0.05, 0.1) is 0 Å². The van der Waals surface area contributed by atoms with Gasteiger partial charge in [-0.25, -0.2) is 0 Å². The van der Waals surface area contributed by atoms with Crippen molar-refractivity contribution < 1.29 is 4.79 Å². The highest BCUT2D eigenvalue weighted by atomic mass is 35.5. The molecule has 0 aromatic heterocycles. The Labute approximate surface area is 119 Å². The third-order valence-electron chi connectivity index (χ3n) is 4.03. The predicted molar refractivity (Wildman–Crippen MR) is 78.5 cm³/mol. The number of hydrogen-bond donors (Lipinski definition) is 1. The Bertz CT molecular complexity index is 475. The Morgan fingerprint density at radius 2 is 2.21 bits per heavy atom. The minimum atomic E-state index is 0.0580. The molecule has 2 N–H and O–H groups in total. The van der Waals surface area contributed by atoms with Gasteiger partial charge in [0.15, 0.2) is 0 Å². The van der Waals surface area contributed by atoms with E-state index in [4.69, 9.17) is 17.3 Å². The Balaban J connectivity index is 2.33. The van der Waals surface area contributed by atoms with Gasteiger partial charge in [-0.1, -0.05) is 17.7 Å². The fourth-order valence-electron chi connectivity index (χ4n) is 2.86. The van der Waals surface area contributed by atoms with Crippen LogP contribution < -0.4 is 5.73 Å². The maximum atomic E-state index is 12.8. The summed E-state index contributed by atoms with van der Waals surface area (Å²) < 4.78 is 0. The molecule has 3 nitrogen and oxygen atoms in total. The number of hydrogen-bond acceptors (Lipinski definition) is 2. The molecule has 19 heavy (non-hydrogen) atoms. The van der Waals surface area contributed by atoms with Crippen molar-refractivity contribution in [3.05, 3.63) is 34.3 Å². The van der Waals surface area contributed by atoms with Crippen molar-refractivity contribution in [2.45, 2.75) is 45.2 Å². The Morgan fingerprint density at radius 1 is 1.47 bits per heavy atom. The second-order valence-corrected chi connectivity index (χ2v) is 5.70. The first kappa shape index (κ1) is 14.4. The molecule has 1 aliphatic rings. The first-order valence-electron chi connectivity index (χ1n) is 6.84. The lowest BCUT2D eigenvalue weighted by Gasteiger charge is -2.40. The van der Waals surface area contributed by atoms with Crippen LogP contribution in [0.2, 0.25) is 5.02 Å². The lowest BCUT2D eigenvalue weighted by Crippen LogP contribution is -2.52. The van der Waals surface area contributed by atoms with Crippen molar-refractivity contribution in [1.82, 2.24) is 4.90 Å². The topological polar surface area (TPSA) is 46.3 Å². The molecule has 2 atom stereocenters. The Kier molecular flexibility index (Phi) is 4.48. The smallest absolute Gasteiger partial charge is 0.254 e. The van der Waals surface area contributed by atoms with E-state index in [0.717, 1.165) is 24.8 Å². The maximum Gasteiger partial charge on any atom is 0.254 e. The van der Waals surface area contributed by atoms with E-state index in [-0.39, 0.29) is 18.0 Å². The summed E-state index contributed by atoms with van der Waals surface area (Å²) in [7, 11) is 0. The number of nitrogens with zero attached hydrogens (tertiary/aromatic N) is 1. The first-order chi connectivity index (χ1) is 9.06. The number of rotatable bonds is 2. The number of carbonyl (C=O) groups is 1. The third kappa shape index (κ3) is 2.77. The molecule has 2 unspecified atom stereocenters. The van der Waals surface area contributed by atoms with Gasteiger partial charge in [-0.05, 0) is 50.8 Å². The summed E-state index contributed by atoms with van der Waals surface area (Å²) in [6.07, 6.45) is 3.18. The monoisotopic (exact) mass is 280 g/mol. The minimum absolute atomic E-state index is 0.0580. The number of nitrogens with two attached hydrogens (primary N) is 1. The molecule has 1 aliphatic heterocycles. The summed E-state index contributed by atoms with van der Waals surface area (Å²) >= 11 is 6.11. The van der Waals surface area contributed by atoms with Gasteiger partial charge in [-0.15, -0.1) is 0 Å². The quantitative estimate of drug-likeness (QED) is 0.905. The molecule has 0 aliphatic carbocycles. The van der Waals surface area contributed by atoms with E-state index >= 15 is 0 Å². The lowest BCUT2D eigenvalue weighted by atomic mass is 9.94. The van der Waals surface area contributed by atoms with E-state index in [2.05, 4.69) is 6.92 Å². The van der Waals surface area contributed by atoms with Gasteiger partial charge in [0.25, 0.3) is 5.91 Å². The predicted octanol–water partition coefficient (Wildman–Crippen LogP) is 2.99. The van der Waals surface area contributed by atoms with Crippen LogP contribution in [0.5, 0.6) is 0 Å². The van der Waals surface area contributed by atoms with Crippen molar-refractivity contribution in [2.75, 3.05) is 6.54 Å². The standard InChI is InChI=1S/C15H21ClN2O/c1-10-5-3-6-12(9-17)18(10)15(19)13-7-4-8-14(16)11(13)2/h4,7-8,10,12H,3,5-6,9,17H2,1-2H3. The molecule has 1 aromatic rings. The van der Waals surface area contributed by atoms with Crippen LogP contribution in [0, 0.1) is 6.92 Å². The van der Waals surface area contributed by atoms with Gasteiger partial charge in [0, 0.05) is 29.2 Å². The largest absolute Gasteiger partial charge is 0.332 e. The van der Waals surface area contributed by atoms with Crippen LogP contribution in [0.15, 0.2) is 18.2 Å². The zero-order valence-electron chi connectivity index (χ0n) is 11.5. The van der Waals surface area contributed by atoms with E-state index in [1.54, 1.807) is 0 Å². The fraction of sp³-hybridized carbons (Fsp3) is 0.533. The van der Waals surface area contributed by atoms with E-state index in [1.807, 2.05) is 30.0 Å². The summed E-state index contributed by atoms with van der Waals surface area (Å²) in [4.78, 5) is 14.7. The highest BCUT2D eigenvalue weighted by Crippen LogP contribution is 2.27. The first-order valence-corrected chi connectivity index (χ1v) is 7.22. The molecule has 104 valence electrons. The number of halogens is 1. The fourth-order valence-corrected chi connectivity index (χ4v) is 3.04. The van der Waals surface area contributed by atoms with Crippen LogP contribution in [0.4, 0.5) is 0 Å². The van der Waals surface area contributed by atoms with Crippen LogP contribution in [-0.4, -0.2) is 29.4 Å². The number of likely N-dealkylation sites (tertiary alicyclic amines) is 1. The summed E-state index contributed by atoms with van der Waals surface area (Å²) in [5.41, 5.74) is 7.36. The normalized spacial score (nSPS) is 23.5. The van der Waals surface area contributed by atoms with Crippen LogP contribution in [-0.2, 0) is 0 Å². The van der Waals surface area contributed by atoms with Crippen molar-refractivity contribution in [3.8, 4) is 0 Å². The molecule has 0 radical (unpaired) electrons. The van der Waals surface area contributed by atoms with Crippen molar-refractivity contribution in [3.63, 3.8) is 0 Å². The number of amides is 1. The molecule has 0 saturated carbocycles.